The molecule has 2 saturated heterocycles. The van der Waals surface area contributed by atoms with Crippen LogP contribution >= 0.6 is 0 Å². The van der Waals surface area contributed by atoms with Gasteiger partial charge in [-0.25, -0.2) is 4.98 Å². The Kier molecular flexibility index (Phi) is 6.26. The second kappa shape index (κ2) is 8.91. The van der Waals surface area contributed by atoms with Crippen molar-refractivity contribution in [2.45, 2.75) is 39.3 Å². The zero-order valence-electron chi connectivity index (χ0n) is 18.0. The van der Waals surface area contributed by atoms with E-state index < -0.39 is 6.23 Å². The van der Waals surface area contributed by atoms with Crippen molar-refractivity contribution in [1.29, 1.82) is 0 Å². The standard InChI is InChI=1S/C21H34N8O/c1-13-4-5-18(19(25-13)23-6-7-24-22)20(30)28-9-16-11-29(12-17(16)10-28)21-26-14(2)8-15(3)27-21/h4-8,14,16-17,20-21,24,26-27,30H,9-12,22H2,1-3H3,(H,23,25)/b7-6-. The van der Waals surface area contributed by atoms with E-state index in [1.165, 1.54) is 5.70 Å². The first-order valence-electron chi connectivity index (χ1n) is 10.7. The third-order valence-corrected chi connectivity index (χ3v) is 6.28. The van der Waals surface area contributed by atoms with Crippen molar-refractivity contribution in [3.63, 3.8) is 0 Å². The van der Waals surface area contributed by atoms with E-state index in [1.54, 1.807) is 12.4 Å². The first kappa shape index (κ1) is 21.1. The van der Waals surface area contributed by atoms with E-state index in [0.717, 1.165) is 37.4 Å². The van der Waals surface area contributed by atoms with Crippen molar-refractivity contribution in [2.24, 2.45) is 17.7 Å². The van der Waals surface area contributed by atoms with Crippen molar-refractivity contribution >= 4 is 5.82 Å². The van der Waals surface area contributed by atoms with Gasteiger partial charge < -0.3 is 21.2 Å². The highest BCUT2D eigenvalue weighted by molar-refractivity contribution is 5.48. The monoisotopic (exact) mass is 414 g/mol. The number of anilines is 1. The fourth-order valence-corrected chi connectivity index (χ4v) is 4.91. The number of hydrazine groups is 1. The van der Waals surface area contributed by atoms with Crippen LogP contribution < -0.4 is 27.2 Å². The van der Waals surface area contributed by atoms with Crippen molar-refractivity contribution in [2.75, 3.05) is 31.5 Å². The molecular formula is C21H34N8O. The lowest BCUT2D eigenvalue weighted by molar-refractivity contribution is 0.00916. The van der Waals surface area contributed by atoms with Crippen LogP contribution in [-0.2, 0) is 0 Å². The third-order valence-electron chi connectivity index (χ3n) is 6.28. The fourth-order valence-electron chi connectivity index (χ4n) is 4.91. The Labute approximate surface area is 178 Å². The number of aliphatic hydroxyl groups is 1. The lowest BCUT2D eigenvalue weighted by Crippen LogP contribution is -2.58. The number of nitrogens with two attached hydrogens (primary N) is 1. The molecule has 5 unspecified atom stereocenters. The summed E-state index contributed by atoms with van der Waals surface area (Å²) >= 11 is 0. The maximum Gasteiger partial charge on any atom is 0.137 e. The minimum atomic E-state index is -0.685. The average molecular weight is 415 g/mol. The number of nitrogens with zero attached hydrogens (tertiary/aromatic N) is 3. The second-order valence-corrected chi connectivity index (χ2v) is 8.69. The Balaban J connectivity index is 1.39. The number of hydrogen-bond donors (Lipinski definition) is 6. The van der Waals surface area contributed by atoms with Crippen molar-refractivity contribution in [3.8, 4) is 0 Å². The Bertz CT molecular complexity index is 798. The van der Waals surface area contributed by atoms with Gasteiger partial charge in [0.1, 0.15) is 18.3 Å². The highest BCUT2D eigenvalue weighted by atomic mass is 16.3. The first-order chi connectivity index (χ1) is 14.4. The molecule has 0 aromatic carbocycles. The summed E-state index contributed by atoms with van der Waals surface area (Å²) in [6, 6.07) is 4.26. The van der Waals surface area contributed by atoms with Gasteiger partial charge >= 0.3 is 0 Å². The summed E-state index contributed by atoms with van der Waals surface area (Å²) < 4.78 is 0. The van der Waals surface area contributed by atoms with Crippen LogP contribution in [0.25, 0.3) is 0 Å². The maximum atomic E-state index is 11.1. The molecule has 0 bridgehead atoms. The minimum absolute atomic E-state index is 0.189. The smallest absolute Gasteiger partial charge is 0.137 e. The van der Waals surface area contributed by atoms with E-state index in [9.17, 15) is 5.11 Å². The predicted molar refractivity (Wildman–Crippen MR) is 117 cm³/mol. The molecule has 4 heterocycles. The number of aliphatic hydroxyl groups excluding tert-OH is 1. The van der Waals surface area contributed by atoms with Crippen LogP contribution in [0.4, 0.5) is 5.82 Å². The summed E-state index contributed by atoms with van der Waals surface area (Å²) in [5.41, 5.74) is 5.36. The highest BCUT2D eigenvalue weighted by Crippen LogP contribution is 2.37. The molecule has 3 aliphatic heterocycles. The normalized spacial score (nSPS) is 30.8. The van der Waals surface area contributed by atoms with Gasteiger partial charge in [-0.1, -0.05) is 0 Å². The molecule has 2 fully saturated rings. The first-order valence-corrected chi connectivity index (χ1v) is 10.7. The van der Waals surface area contributed by atoms with E-state index in [1.807, 2.05) is 19.1 Å². The Morgan fingerprint density at radius 3 is 2.60 bits per heavy atom. The minimum Gasteiger partial charge on any atom is -0.374 e. The molecule has 5 atom stereocenters. The quantitative estimate of drug-likeness (QED) is 0.290. The van der Waals surface area contributed by atoms with Gasteiger partial charge in [0.15, 0.2) is 0 Å². The average Bonchev–Trinajstić information content (AvgIpc) is 3.26. The van der Waals surface area contributed by atoms with Crippen LogP contribution in [0.3, 0.4) is 0 Å². The number of allylic oxidation sites excluding steroid dienone is 1. The van der Waals surface area contributed by atoms with Crippen LogP contribution in [0.1, 0.15) is 31.3 Å². The summed E-state index contributed by atoms with van der Waals surface area (Å²) in [5, 5.41) is 21.4. The van der Waals surface area contributed by atoms with Crippen LogP contribution in [-0.4, -0.2) is 58.4 Å². The Morgan fingerprint density at radius 2 is 1.93 bits per heavy atom. The van der Waals surface area contributed by atoms with Crippen LogP contribution in [0, 0.1) is 18.8 Å². The van der Waals surface area contributed by atoms with Gasteiger partial charge in [-0.3, -0.25) is 21.0 Å². The number of hydrogen-bond acceptors (Lipinski definition) is 9. The number of likely N-dealkylation sites (tertiary alicyclic amines) is 2. The summed E-state index contributed by atoms with van der Waals surface area (Å²) in [7, 11) is 0. The Hall–Kier alpha value is -2.17. The SMILES string of the molecule is CC1=CC(C)NC(N2CC3CN(C(O)c4ccc(C)nc4N/C=C\NN)CC3C2)N1. The molecule has 1 aromatic rings. The van der Waals surface area contributed by atoms with E-state index in [2.05, 4.69) is 56.1 Å². The molecule has 0 saturated carbocycles. The van der Waals surface area contributed by atoms with E-state index >= 15 is 0 Å². The number of aromatic nitrogens is 1. The van der Waals surface area contributed by atoms with Gasteiger partial charge in [0.25, 0.3) is 0 Å². The van der Waals surface area contributed by atoms with Crippen LogP contribution in [0.2, 0.25) is 0 Å². The predicted octanol–water partition coefficient (Wildman–Crippen LogP) is 0.360. The summed E-state index contributed by atoms with van der Waals surface area (Å²) in [5.74, 6) is 7.05. The van der Waals surface area contributed by atoms with Gasteiger partial charge in [0, 0.05) is 61.6 Å². The summed E-state index contributed by atoms with van der Waals surface area (Å²) in [6.45, 7) is 10.1. The molecule has 3 aliphatic rings. The van der Waals surface area contributed by atoms with Crippen molar-refractivity contribution in [1.82, 2.24) is 30.8 Å². The van der Waals surface area contributed by atoms with Gasteiger partial charge in [0.05, 0.1) is 0 Å². The van der Waals surface area contributed by atoms with Gasteiger partial charge in [-0.2, -0.15) is 0 Å². The van der Waals surface area contributed by atoms with E-state index in [0.29, 0.717) is 23.7 Å². The van der Waals surface area contributed by atoms with Gasteiger partial charge in [-0.05, 0) is 50.8 Å². The molecule has 30 heavy (non-hydrogen) atoms. The molecule has 7 N–H and O–H groups in total. The third kappa shape index (κ3) is 4.45. The molecule has 1 aromatic heterocycles. The highest BCUT2D eigenvalue weighted by Gasteiger charge is 2.44. The largest absolute Gasteiger partial charge is 0.374 e. The van der Waals surface area contributed by atoms with Gasteiger partial charge in [0.2, 0.25) is 0 Å². The zero-order valence-corrected chi connectivity index (χ0v) is 18.0. The summed E-state index contributed by atoms with van der Waals surface area (Å²) in [6.07, 6.45) is 4.98. The molecular weight excluding hydrogens is 380 g/mol. The van der Waals surface area contributed by atoms with Crippen LogP contribution in [0.5, 0.6) is 0 Å². The molecule has 4 rings (SSSR count). The van der Waals surface area contributed by atoms with Gasteiger partial charge in [-0.15, -0.1) is 0 Å². The topological polar surface area (TPSA) is 114 Å². The lowest BCUT2D eigenvalue weighted by atomic mass is 10.0. The molecule has 9 nitrogen and oxygen atoms in total. The van der Waals surface area contributed by atoms with Crippen molar-refractivity contribution in [3.05, 3.63) is 47.6 Å². The number of pyridine rings is 1. The Morgan fingerprint density at radius 1 is 1.20 bits per heavy atom. The van der Waals surface area contributed by atoms with Crippen LogP contribution in [0.15, 0.2) is 36.3 Å². The lowest BCUT2D eigenvalue weighted by Gasteiger charge is -2.36. The van der Waals surface area contributed by atoms with Crippen molar-refractivity contribution < 1.29 is 5.11 Å². The maximum absolute atomic E-state index is 11.1. The summed E-state index contributed by atoms with van der Waals surface area (Å²) in [4.78, 5) is 9.22. The second-order valence-electron chi connectivity index (χ2n) is 8.69. The molecule has 164 valence electrons. The fraction of sp³-hybridized carbons (Fsp3) is 0.571. The number of aryl methyl sites for hydroxylation is 1. The van der Waals surface area contributed by atoms with E-state index in [4.69, 9.17) is 5.84 Å². The zero-order chi connectivity index (χ0) is 21.3. The molecule has 0 aliphatic carbocycles. The number of fused-ring (bicyclic) bond motifs is 1. The molecule has 0 amide bonds. The molecule has 0 radical (unpaired) electrons. The number of rotatable bonds is 6. The number of nitrogens with one attached hydrogen (secondary N) is 4. The molecule has 0 spiro atoms. The van der Waals surface area contributed by atoms with E-state index in [-0.39, 0.29) is 6.29 Å². The molecule has 9 heteroatoms.